The number of aromatic amines is 1. The molecule has 98 valence electrons. The minimum atomic E-state index is -0.548. The molecule has 0 unspecified atom stereocenters. The van der Waals surface area contributed by atoms with Crippen LogP contribution in [0.5, 0.6) is 0 Å². The molecule has 0 aliphatic heterocycles. The molecule has 1 heterocycles. The van der Waals surface area contributed by atoms with Crippen LogP contribution in [-0.2, 0) is 11.2 Å². The Morgan fingerprint density at radius 2 is 2.11 bits per heavy atom. The molecular weight excluding hydrogens is 312 g/mol. The Bertz CT molecular complexity index is 624. The van der Waals surface area contributed by atoms with E-state index >= 15 is 0 Å². The number of primary amides is 1. The highest BCUT2D eigenvalue weighted by molar-refractivity contribution is 9.10. The first-order chi connectivity index (χ1) is 9.08. The van der Waals surface area contributed by atoms with E-state index in [2.05, 4.69) is 31.4 Å². The topological polar surface area (TPSA) is 101 Å². The maximum Gasteiger partial charge on any atom is 0.248 e. The van der Waals surface area contributed by atoms with Crippen LogP contribution in [0.2, 0.25) is 0 Å². The number of aromatic nitrogens is 2. The number of benzene rings is 1. The lowest BCUT2D eigenvalue weighted by molar-refractivity contribution is -0.115. The molecule has 2 rings (SSSR count). The van der Waals surface area contributed by atoms with E-state index in [-0.39, 0.29) is 12.3 Å². The number of nitrogens with zero attached hydrogens (tertiary/aromatic N) is 1. The number of carbonyl (C=O) groups excluding carboxylic acids is 2. The molecule has 0 bridgehead atoms. The van der Waals surface area contributed by atoms with Gasteiger partial charge in [-0.25, -0.2) is 0 Å². The molecule has 2 aromatic rings. The second kappa shape index (κ2) is 5.66. The minimum absolute atomic E-state index is 0.0662. The van der Waals surface area contributed by atoms with Crippen LogP contribution in [0.25, 0.3) is 0 Å². The Morgan fingerprint density at radius 3 is 2.74 bits per heavy atom. The molecule has 2 amide bonds. The third-order valence-corrected chi connectivity index (χ3v) is 3.11. The summed E-state index contributed by atoms with van der Waals surface area (Å²) in [7, 11) is 0. The maximum absolute atomic E-state index is 11.9. The highest BCUT2D eigenvalue weighted by Crippen LogP contribution is 2.18. The van der Waals surface area contributed by atoms with Gasteiger partial charge in [0.15, 0.2) is 0 Å². The van der Waals surface area contributed by atoms with Crippen molar-refractivity contribution in [3.05, 3.63) is 46.2 Å². The zero-order valence-electron chi connectivity index (χ0n) is 9.81. The SMILES string of the molecule is NC(=O)c1ccccc1CC(=O)Nc1cn[nH]c1Br. The lowest BCUT2D eigenvalue weighted by Crippen LogP contribution is -2.19. The minimum Gasteiger partial charge on any atom is -0.366 e. The van der Waals surface area contributed by atoms with Crippen molar-refractivity contribution in [2.45, 2.75) is 6.42 Å². The van der Waals surface area contributed by atoms with Gasteiger partial charge in [0.2, 0.25) is 11.8 Å². The van der Waals surface area contributed by atoms with Gasteiger partial charge >= 0.3 is 0 Å². The number of anilines is 1. The monoisotopic (exact) mass is 322 g/mol. The zero-order chi connectivity index (χ0) is 13.8. The summed E-state index contributed by atoms with van der Waals surface area (Å²) in [5.74, 6) is -0.802. The van der Waals surface area contributed by atoms with E-state index in [1.54, 1.807) is 24.3 Å². The lowest BCUT2D eigenvalue weighted by Gasteiger charge is -2.06. The largest absolute Gasteiger partial charge is 0.366 e. The van der Waals surface area contributed by atoms with Crippen LogP contribution in [0.1, 0.15) is 15.9 Å². The van der Waals surface area contributed by atoms with Gasteiger partial charge in [0.1, 0.15) is 4.60 Å². The first-order valence-electron chi connectivity index (χ1n) is 5.44. The van der Waals surface area contributed by atoms with Crippen LogP contribution < -0.4 is 11.1 Å². The Labute approximate surface area is 117 Å². The highest BCUT2D eigenvalue weighted by atomic mass is 79.9. The summed E-state index contributed by atoms with van der Waals surface area (Å²) in [5.41, 5.74) is 6.74. The lowest BCUT2D eigenvalue weighted by atomic mass is 10.0. The van der Waals surface area contributed by atoms with Gasteiger partial charge in [0.05, 0.1) is 18.3 Å². The van der Waals surface area contributed by atoms with Crippen LogP contribution in [0.15, 0.2) is 35.1 Å². The molecular formula is C12H11BrN4O2. The number of halogens is 1. The number of rotatable bonds is 4. The fourth-order valence-corrected chi connectivity index (χ4v) is 1.94. The number of H-pyrrole nitrogens is 1. The normalized spacial score (nSPS) is 10.2. The first-order valence-corrected chi connectivity index (χ1v) is 6.23. The predicted octanol–water partition coefficient (Wildman–Crippen LogP) is 1.45. The van der Waals surface area contributed by atoms with Crippen molar-refractivity contribution in [1.82, 2.24) is 10.2 Å². The molecule has 19 heavy (non-hydrogen) atoms. The van der Waals surface area contributed by atoms with Gasteiger partial charge in [0, 0.05) is 5.56 Å². The highest BCUT2D eigenvalue weighted by Gasteiger charge is 2.12. The van der Waals surface area contributed by atoms with Crippen LogP contribution in [-0.4, -0.2) is 22.0 Å². The molecule has 0 radical (unpaired) electrons. The summed E-state index contributed by atoms with van der Waals surface area (Å²) in [6.07, 6.45) is 1.55. The standard InChI is InChI=1S/C12H11BrN4O2/c13-11-9(6-15-17-11)16-10(18)5-7-3-1-2-4-8(7)12(14)19/h1-4,6H,5H2,(H2,14,19)(H,15,17)(H,16,18). The van der Waals surface area contributed by atoms with Gasteiger partial charge in [-0.1, -0.05) is 18.2 Å². The number of carbonyl (C=O) groups is 2. The quantitative estimate of drug-likeness (QED) is 0.794. The molecule has 0 saturated carbocycles. The fourth-order valence-electron chi connectivity index (χ4n) is 1.64. The van der Waals surface area contributed by atoms with Crippen molar-refractivity contribution < 1.29 is 9.59 Å². The van der Waals surface area contributed by atoms with Crippen molar-refractivity contribution in [2.24, 2.45) is 5.73 Å². The van der Waals surface area contributed by atoms with Crippen LogP contribution in [0.3, 0.4) is 0 Å². The molecule has 0 aliphatic carbocycles. The van der Waals surface area contributed by atoms with E-state index < -0.39 is 5.91 Å². The summed E-state index contributed by atoms with van der Waals surface area (Å²) in [5, 5.41) is 9.09. The van der Waals surface area contributed by atoms with E-state index in [0.717, 1.165) is 0 Å². The van der Waals surface area contributed by atoms with Crippen LogP contribution in [0, 0.1) is 0 Å². The molecule has 7 heteroatoms. The second-order valence-electron chi connectivity index (χ2n) is 3.84. The van der Waals surface area contributed by atoms with Gasteiger partial charge in [-0.2, -0.15) is 5.10 Å². The van der Waals surface area contributed by atoms with Gasteiger partial charge in [-0.15, -0.1) is 0 Å². The first kappa shape index (κ1) is 13.3. The molecule has 0 fully saturated rings. The van der Waals surface area contributed by atoms with E-state index in [0.29, 0.717) is 21.4 Å². The molecule has 0 saturated heterocycles. The van der Waals surface area contributed by atoms with Crippen molar-refractivity contribution >= 4 is 33.4 Å². The molecule has 0 spiro atoms. The Kier molecular flexibility index (Phi) is 3.96. The molecule has 1 aromatic heterocycles. The molecule has 0 aliphatic rings. The summed E-state index contributed by atoms with van der Waals surface area (Å²) in [6.45, 7) is 0. The van der Waals surface area contributed by atoms with Gasteiger partial charge in [-0.3, -0.25) is 14.7 Å². The predicted molar refractivity (Wildman–Crippen MR) is 73.6 cm³/mol. The van der Waals surface area contributed by atoms with Crippen LogP contribution in [0.4, 0.5) is 5.69 Å². The number of hydrogen-bond acceptors (Lipinski definition) is 3. The van der Waals surface area contributed by atoms with Gasteiger partial charge in [-0.05, 0) is 27.6 Å². The summed E-state index contributed by atoms with van der Waals surface area (Å²) in [6, 6.07) is 6.75. The van der Waals surface area contributed by atoms with E-state index in [1.807, 2.05) is 0 Å². The molecule has 4 N–H and O–H groups in total. The smallest absolute Gasteiger partial charge is 0.248 e. The number of amides is 2. The number of hydrogen-bond donors (Lipinski definition) is 3. The van der Waals surface area contributed by atoms with Crippen molar-refractivity contribution in [2.75, 3.05) is 5.32 Å². The Hall–Kier alpha value is -2.15. The zero-order valence-corrected chi connectivity index (χ0v) is 11.4. The summed E-state index contributed by atoms with van der Waals surface area (Å²) >= 11 is 3.21. The third-order valence-electron chi connectivity index (χ3n) is 2.50. The Morgan fingerprint density at radius 1 is 1.37 bits per heavy atom. The second-order valence-corrected chi connectivity index (χ2v) is 4.64. The average molecular weight is 323 g/mol. The summed E-state index contributed by atoms with van der Waals surface area (Å²) in [4.78, 5) is 23.1. The average Bonchev–Trinajstić information content (AvgIpc) is 2.75. The number of nitrogens with two attached hydrogens (primary N) is 1. The van der Waals surface area contributed by atoms with Crippen molar-refractivity contribution in [3.63, 3.8) is 0 Å². The molecule has 1 aromatic carbocycles. The molecule has 6 nitrogen and oxygen atoms in total. The summed E-state index contributed by atoms with van der Waals surface area (Å²) < 4.78 is 0.587. The van der Waals surface area contributed by atoms with Crippen LogP contribution >= 0.6 is 15.9 Å². The molecule has 0 atom stereocenters. The number of nitrogens with one attached hydrogen (secondary N) is 2. The van der Waals surface area contributed by atoms with Gasteiger partial charge < -0.3 is 11.1 Å². The van der Waals surface area contributed by atoms with Crippen molar-refractivity contribution in [1.29, 1.82) is 0 Å². The maximum atomic E-state index is 11.9. The van der Waals surface area contributed by atoms with Crippen molar-refractivity contribution in [3.8, 4) is 0 Å². The van der Waals surface area contributed by atoms with E-state index in [4.69, 9.17) is 5.73 Å². The van der Waals surface area contributed by atoms with Gasteiger partial charge in [0.25, 0.3) is 0 Å². The Balaban J connectivity index is 2.11. The fraction of sp³-hybridized carbons (Fsp3) is 0.0833. The third kappa shape index (κ3) is 3.19. The van der Waals surface area contributed by atoms with E-state index in [9.17, 15) is 9.59 Å². The van der Waals surface area contributed by atoms with E-state index in [1.165, 1.54) is 6.20 Å².